The normalized spacial score (nSPS) is 11.1. The summed E-state index contributed by atoms with van der Waals surface area (Å²) in [4.78, 5) is 11.8. The molecule has 4 heteroatoms. The molecule has 1 N–H and O–H groups in total. The second-order valence-corrected chi connectivity index (χ2v) is 5.30. The molecule has 2 aromatic carbocycles. The average molecular weight is 312 g/mol. The third kappa shape index (κ3) is 3.57. The van der Waals surface area contributed by atoms with Crippen LogP contribution in [0.3, 0.4) is 0 Å². The van der Waals surface area contributed by atoms with Crippen LogP contribution in [0.1, 0.15) is 11.3 Å². The van der Waals surface area contributed by atoms with Crippen LogP contribution in [0.2, 0.25) is 5.02 Å². The quantitative estimate of drug-likeness (QED) is 0.725. The predicted octanol–water partition coefficient (Wildman–Crippen LogP) is 4.42. The first kappa shape index (κ1) is 14.4. The molecule has 3 nitrogen and oxygen atoms in total. The second kappa shape index (κ2) is 6.50. The molecule has 0 atom stereocenters. The molecule has 0 bridgehead atoms. The lowest BCUT2D eigenvalue weighted by Crippen LogP contribution is -2.20. The van der Waals surface area contributed by atoms with Crippen LogP contribution in [0.25, 0.3) is 17.0 Å². The summed E-state index contributed by atoms with van der Waals surface area (Å²) < 4.78 is 5.61. The smallest absolute Gasteiger partial charge is 0.244 e. The zero-order valence-corrected chi connectivity index (χ0v) is 12.5. The van der Waals surface area contributed by atoms with Gasteiger partial charge in [0.15, 0.2) is 0 Å². The van der Waals surface area contributed by atoms with Gasteiger partial charge in [-0.25, -0.2) is 0 Å². The summed E-state index contributed by atoms with van der Waals surface area (Å²) in [6.45, 7) is 0.500. The van der Waals surface area contributed by atoms with E-state index in [0.29, 0.717) is 17.3 Å². The average Bonchev–Trinajstić information content (AvgIpc) is 2.94. The molecular formula is C18H14ClNO2. The lowest BCUT2D eigenvalue weighted by molar-refractivity contribution is -0.116. The molecule has 3 rings (SSSR count). The minimum atomic E-state index is -0.164. The van der Waals surface area contributed by atoms with Crippen LogP contribution in [-0.2, 0) is 11.3 Å². The van der Waals surface area contributed by atoms with Gasteiger partial charge in [-0.05, 0) is 35.9 Å². The molecule has 0 aliphatic rings. The van der Waals surface area contributed by atoms with Gasteiger partial charge < -0.3 is 9.73 Å². The number of benzene rings is 2. The van der Waals surface area contributed by atoms with E-state index in [2.05, 4.69) is 5.32 Å². The summed E-state index contributed by atoms with van der Waals surface area (Å²) in [5, 5.41) is 4.39. The molecule has 0 saturated carbocycles. The Bertz CT molecular complexity index is 821. The number of fused-ring (bicyclic) bond motifs is 1. The molecule has 0 unspecified atom stereocenters. The third-order valence-electron chi connectivity index (χ3n) is 3.21. The van der Waals surface area contributed by atoms with E-state index >= 15 is 0 Å². The van der Waals surface area contributed by atoms with E-state index in [1.165, 1.54) is 6.08 Å². The lowest BCUT2D eigenvalue weighted by Gasteiger charge is -2.01. The van der Waals surface area contributed by atoms with Crippen LogP contribution < -0.4 is 5.32 Å². The van der Waals surface area contributed by atoms with Crippen molar-refractivity contribution in [2.45, 2.75) is 6.54 Å². The van der Waals surface area contributed by atoms with Crippen LogP contribution >= 0.6 is 11.6 Å². The summed E-state index contributed by atoms with van der Waals surface area (Å²) in [7, 11) is 0. The van der Waals surface area contributed by atoms with Crippen molar-refractivity contribution in [3.05, 3.63) is 77.0 Å². The van der Waals surface area contributed by atoms with Crippen molar-refractivity contribution in [2.24, 2.45) is 0 Å². The van der Waals surface area contributed by atoms with Crippen molar-refractivity contribution in [2.75, 3.05) is 0 Å². The first-order valence-corrected chi connectivity index (χ1v) is 7.27. The zero-order chi connectivity index (χ0) is 15.4. The predicted molar refractivity (Wildman–Crippen MR) is 88.5 cm³/mol. The van der Waals surface area contributed by atoms with Gasteiger partial charge in [-0.2, -0.15) is 0 Å². The van der Waals surface area contributed by atoms with Crippen molar-refractivity contribution in [1.29, 1.82) is 0 Å². The van der Waals surface area contributed by atoms with Crippen molar-refractivity contribution < 1.29 is 9.21 Å². The van der Waals surface area contributed by atoms with E-state index in [1.807, 2.05) is 48.5 Å². The van der Waals surface area contributed by atoms with Gasteiger partial charge in [0.2, 0.25) is 5.91 Å². The van der Waals surface area contributed by atoms with Gasteiger partial charge in [0.05, 0.1) is 0 Å². The Labute approximate surface area is 133 Å². The van der Waals surface area contributed by atoms with Crippen molar-refractivity contribution >= 4 is 34.6 Å². The minimum Gasteiger partial charge on any atom is -0.457 e. The number of nitrogens with one attached hydrogen (secondary N) is 1. The maximum atomic E-state index is 11.8. The molecule has 0 radical (unpaired) electrons. The molecular weight excluding hydrogens is 298 g/mol. The standard InChI is InChI=1S/C18H14ClNO2/c19-15-6-8-17-14(10-15)11-16(22-17)7-9-18(21)20-12-13-4-2-1-3-5-13/h1-11H,12H2,(H,20,21). The van der Waals surface area contributed by atoms with Crippen molar-refractivity contribution in [3.63, 3.8) is 0 Å². The van der Waals surface area contributed by atoms with Gasteiger partial charge in [0.25, 0.3) is 0 Å². The number of furan rings is 1. The highest BCUT2D eigenvalue weighted by molar-refractivity contribution is 6.31. The monoisotopic (exact) mass is 311 g/mol. The fourth-order valence-electron chi connectivity index (χ4n) is 2.12. The largest absolute Gasteiger partial charge is 0.457 e. The Morgan fingerprint density at radius 3 is 2.77 bits per heavy atom. The lowest BCUT2D eigenvalue weighted by atomic mass is 10.2. The number of rotatable bonds is 4. The Morgan fingerprint density at radius 1 is 1.14 bits per heavy atom. The highest BCUT2D eigenvalue weighted by Gasteiger charge is 2.02. The molecule has 110 valence electrons. The van der Waals surface area contributed by atoms with Gasteiger partial charge >= 0.3 is 0 Å². The zero-order valence-electron chi connectivity index (χ0n) is 11.8. The van der Waals surface area contributed by atoms with Crippen LogP contribution in [0.4, 0.5) is 0 Å². The van der Waals surface area contributed by atoms with E-state index < -0.39 is 0 Å². The van der Waals surface area contributed by atoms with E-state index in [0.717, 1.165) is 16.5 Å². The van der Waals surface area contributed by atoms with Crippen LogP contribution in [0, 0.1) is 0 Å². The first-order valence-electron chi connectivity index (χ1n) is 6.90. The Morgan fingerprint density at radius 2 is 1.95 bits per heavy atom. The summed E-state index contributed by atoms with van der Waals surface area (Å²) >= 11 is 5.93. The number of carbonyl (C=O) groups excluding carboxylic acids is 1. The third-order valence-corrected chi connectivity index (χ3v) is 3.44. The molecule has 0 saturated heterocycles. The molecule has 0 spiro atoms. The Hall–Kier alpha value is -2.52. The van der Waals surface area contributed by atoms with Gasteiger partial charge in [0, 0.05) is 23.0 Å². The molecule has 0 aliphatic carbocycles. The molecule has 0 aliphatic heterocycles. The fourth-order valence-corrected chi connectivity index (χ4v) is 2.30. The first-order chi connectivity index (χ1) is 10.7. The second-order valence-electron chi connectivity index (χ2n) is 4.87. The number of hydrogen-bond donors (Lipinski definition) is 1. The van der Waals surface area contributed by atoms with E-state index in [4.69, 9.17) is 16.0 Å². The van der Waals surface area contributed by atoms with Crippen LogP contribution in [0.15, 0.2) is 65.1 Å². The van der Waals surface area contributed by atoms with E-state index in [-0.39, 0.29) is 5.91 Å². The number of carbonyl (C=O) groups is 1. The summed E-state index contributed by atoms with van der Waals surface area (Å²) in [5.41, 5.74) is 1.80. The summed E-state index contributed by atoms with van der Waals surface area (Å²) in [6, 6.07) is 17.0. The molecule has 3 aromatic rings. The fraction of sp³-hybridized carbons (Fsp3) is 0.0556. The van der Waals surface area contributed by atoms with Crippen molar-refractivity contribution in [3.8, 4) is 0 Å². The molecule has 1 aromatic heterocycles. The number of hydrogen-bond acceptors (Lipinski definition) is 2. The van der Waals surface area contributed by atoms with Crippen LogP contribution in [-0.4, -0.2) is 5.91 Å². The molecule has 0 fully saturated rings. The van der Waals surface area contributed by atoms with Crippen molar-refractivity contribution in [1.82, 2.24) is 5.32 Å². The summed E-state index contributed by atoms with van der Waals surface area (Å²) in [6.07, 6.45) is 3.11. The molecule has 22 heavy (non-hydrogen) atoms. The summed E-state index contributed by atoms with van der Waals surface area (Å²) in [5.74, 6) is 0.453. The topological polar surface area (TPSA) is 42.2 Å². The molecule has 1 heterocycles. The van der Waals surface area contributed by atoms with E-state index in [9.17, 15) is 4.79 Å². The van der Waals surface area contributed by atoms with Gasteiger partial charge in [0.1, 0.15) is 11.3 Å². The highest BCUT2D eigenvalue weighted by Crippen LogP contribution is 2.23. The van der Waals surface area contributed by atoms with Gasteiger partial charge in [-0.3, -0.25) is 4.79 Å². The highest BCUT2D eigenvalue weighted by atomic mass is 35.5. The van der Waals surface area contributed by atoms with Gasteiger partial charge in [-0.1, -0.05) is 41.9 Å². The minimum absolute atomic E-state index is 0.164. The van der Waals surface area contributed by atoms with Gasteiger partial charge in [-0.15, -0.1) is 0 Å². The van der Waals surface area contributed by atoms with E-state index in [1.54, 1.807) is 12.1 Å². The SMILES string of the molecule is O=C(C=Cc1cc2cc(Cl)ccc2o1)NCc1ccccc1. The number of halogens is 1. The Kier molecular flexibility index (Phi) is 4.26. The van der Waals surface area contributed by atoms with Crippen LogP contribution in [0.5, 0.6) is 0 Å². The maximum absolute atomic E-state index is 11.8. The number of amides is 1. The maximum Gasteiger partial charge on any atom is 0.244 e. The molecule has 1 amide bonds. The Balaban J connectivity index is 1.63.